The minimum atomic E-state index is -0.354. The van der Waals surface area contributed by atoms with Crippen molar-refractivity contribution >= 4 is 39.9 Å². The summed E-state index contributed by atoms with van der Waals surface area (Å²) in [6, 6.07) is 12.0. The molecule has 6 nitrogen and oxygen atoms in total. The van der Waals surface area contributed by atoms with Crippen LogP contribution in [0.2, 0.25) is 0 Å². The Morgan fingerprint density at radius 1 is 1.23 bits per heavy atom. The summed E-state index contributed by atoms with van der Waals surface area (Å²) in [4.78, 5) is 21.6. The number of hydrogen-bond acceptors (Lipinski definition) is 6. The van der Waals surface area contributed by atoms with E-state index >= 15 is 0 Å². The molecule has 0 atom stereocenters. The lowest BCUT2D eigenvalue weighted by molar-refractivity contribution is 0.0601. The van der Waals surface area contributed by atoms with E-state index in [1.165, 1.54) is 31.7 Å². The Kier molecular flexibility index (Phi) is 5.28. The number of imidazole rings is 1. The highest BCUT2D eigenvalue weighted by molar-refractivity contribution is 7.99. The van der Waals surface area contributed by atoms with Crippen LogP contribution in [0.15, 0.2) is 58.7 Å². The number of ether oxygens (including phenoxy) is 1. The second-order valence-electron chi connectivity index (χ2n) is 7.70. The van der Waals surface area contributed by atoms with Crippen LogP contribution < -0.4 is 0 Å². The largest absolute Gasteiger partial charge is 0.465 e. The van der Waals surface area contributed by atoms with Gasteiger partial charge in [0.2, 0.25) is 0 Å². The van der Waals surface area contributed by atoms with E-state index in [9.17, 15) is 4.79 Å². The van der Waals surface area contributed by atoms with E-state index < -0.39 is 0 Å². The van der Waals surface area contributed by atoms with Gasteiger partial charge in [0.15, 0.2) is 5.58 Å². The molecule has 0 N–H and O–H groups in total. The molecule has 1 aliphatic rings. The van der Waals surface area contributed by atoms with Gasteiger partial charge in [-0.15, -0.1) is 6.58 Å². The molecule has 2 heterocycles. The summed E-state index contributed by atoms with van der Waals surface area (Å²) in [5, 5.41) is 0.638. The van der Waals surface area contributed by atoms with E-state index in [-0.39, 0.29) is 5.97 Å². The number of esters is 1. The molecule has 5 rings (SSSR count). The van der Waals surface area contributed by atoms with Crippen molar-refractivity contribution < 1.29 is 13.9 Å². The first-order valence-corrected chi connectivity index (χ1v) is 11.4. The standard InChI is InChI=1S/C24H23N3O3S/c1-3-12-31-24-26-19-13-15(9-11-21(19)30-24)22-25-18-14-16(23(28)29-2)8-10-20(18)27(22)17-6-4-5-7-17/h3,8-11,13-14,17H,1,4-7,12H2,2H3. The molecular weight excluding hydrogens is 410 g/mol. The lowest BCUT2D eigenvalue weighted by atomic mass is 10.1. The number of aromatic nitrogens is 3. The molecule has 31 heavy (non-hydrogen) atoms. The Balaban J connectivity index is 1.64. The summed E-state index contributed by atoms with van der Waals surface area (Å²) in [7, 11) is 1.39. The number of oxazole rings is 1. The molecule has 0 amide bonds. The fourth-order valence-corrected chi connectivity index (χ4v) is 4.89. The lowest BCUT2D eigenvalue weighted by Crippen LogP contribution is -2.07. The molecule has 1 saturated carbocycles. The third-order valence-corrected chi connectivity index (χ3v) is 6.58. The second kappa shape index (κ2) is 8.23. The average molecular weight is 434 g/mol. The van der Waals surface area contributed by atoms with E-state index in [2.05, 4.69) is 16.1 Å². The van der Waals surface area contributed by atoms with Gasteiger partial charge in [-0.3, -0.25) is 0 Å². The molecule has 1 aliphatic carbocycles. The molecule has 158 valence electrons. The van der Waals surface area contributed by atoms with Crippen molar-refractivity contribution in [2.45, 2.75) is 36.9 Å². The van der Waals surface area contributed by atoms with Gasteiger partial charge in [-0.05, 0) is 49.2 Å². The number of nitrogens with zero attached hydrogens (tertiary/aromatic N) is 3. The van der Waals surface area contributed by atoms with Gasteiger partial charge in [0.1, 0.15) is 11.3 Å². The van der Waals surface area contributed by atoms with Gasteiger partial charge in [0, 0.05) is 17.4 Å². The number of rotatable bonds is 6. The quantitative estimate of drug-likeness (QED) is 0.210. The first kappa shape index (κ1) is 19.9. The summed E-state index contributed by atoms with van der Waals surface area (Å²) in [5.74, 6) is 1.29. The van der Waals surface area contributed by atoms with Gasteiger partial charge in [-0.2, -0.15) is 0 Å². The van der Waals surface area contributed by atoms with Gasteiger partial charge in [-0.25, -0.2) is 14.8 Å². The van der Waals surface area contributed by atoms with Crippen molar-refractivity contribution in [3.05, 3.63) is 54.6 Å². The van der Waals surface area contributed by atoms with Crippen LogP contribution >= 0.6 is 11.8 Å². The van der Waals surface area contributed by atoms with E-state index in [1.807, 2.05) is 42.5 Å². The van der Waals surface area contributed by atoms with Gasteiger partial charge in [-0.1, -0.05) is 30.7 Å². The summed E-state index contributed by atoms with van der Waals surface area (Å²) < 4.78 is 13.0. The lowest BCUT2D eigenvalue weighted by Gasteiger charge is -2.16. The van der Waals surface area contributed by atoms with Gasteiger partial charge in [0.25, 0.3) is 5.22 Å². The Labute approximate surface area is 184 Å². The number of thioether (sulfide) groups is 1. The normalized spacial score (nSPS) is 14.5. The highest BCUT2D eigenvalue weighted by Crippen LogP contribution is 2.38. The maximum absolute atomic E-state index is 12.0. The van der Waals surface area contributed by atoms with Gasteiger partial charge in [0.05, 0.1) is 23.7 Å². The van der Waals surface area contributed by atoms with E-state index in [1.54, 1.807) is 0 Å². The topological polar surface area (TPSA) is 70.2 Å². The Morgan fingerprint density at radius 3 is 2.84 bits per heavy atom. The van der Waals surface area contributed by atoms with Crippen LogP contribution in [0.5, 0.6) is 0 Å². The number of carbonyl (C=O) groups excluding carboxylic acids is 1. The van der Waals surface area contributed by atoms with Crippen LogP contribution in [-0.2, 0) is 4.74 Å². The minimum Gasteiger partial charge on any atom is -0.465 e. The predicted octanol–water partition coefficient (Wildman–Crippen LogP) is 6.02. The van der Waals surface area contributed by atoms with E-state index in [0.29, 0.717) is 16.8 Å². The van der Waals surface area contributed by atoms with Crippen LogP contribution in [0.3, 0.4) is 0 Å². The zero-order valence-electron chi connectivity index (χ0n) is 17.3. The molecule has 0 unspecified atom stereocenters. The van der Waals surface area contributed by atoms with E-state index in [4.69, 9.17) is 14.1 Å². The van der Waals surface area contributed by atoms with Crippen molar-refractivity contribution in [3.63, 3.8) is 0 Å². The zero-order valence-corrected chi connectivity index (χ0v) is 18.2. The van der Waals surface area contributed by atoms with Crippen molar-refractivity contribution in [2.24, 2.45) is 0 Å². The maximum atomic E-state index is 12.0. The Morgan fingerprint density at radius 2 is 2.06 bits per heavy atom. The fraction of sp³-hybridized carbons (Fsp3) is 0.292. The summed E-state index contributed by atoms with van der Waals surface area (Å²) in [6.45, 7) is 3.74. The minimum absolute atomic E-state index is 0.354. The number of benzene rings is 2. The van der Waals surface area contributed by atoms with Crippen LogP contribution in [0.1, 0.15) is 42.1 Å². The summed E-state index contributed by atoms with van der Waals surface area (Å²) >= 11 is 1.52. The zero-order chi connectivity index (χ0) is 21.4. The molecule has 0 radical (unpaired) electrons. The molecule has 0 spiro atoms. The monoisotopic (exact) mass is 433 g/mol. The molecule has 7 heteroatoms. The second-order valence-corrected chi connectivity index (χ2v) is 8.67. The first-order valence-electron chi connectivity index (χ1n) is 10.4. The van der Waals surface area contributed by atoms with Crippen molar-refractivity contribution in [1.29, 1.82) is 0 Å². The number of methoxy groups -OCH3 is 1. The molecular formula is C24H23N3O3S. The van der Waals surface area contributed by atoms with Crippen LogP contribution in [0, 0.1) is 0 Å². The van der Waals surface area contributed by atoms with Crippen molar-refractivity contribution in [1.82, 2.24) is 14.5 Å². The van der Waals surface area contributed by atoms with Crippen LogP contribution in [0.4, 0.5) is 0 Å². The van der Waals surface area contributed by atoms with Gasteiger partial charge >= 0.3 is 5.97 Å². The highest BCUT2D eigenvalue weighted by Gasteiger charge is 2.24. The molecule has 2 aromatic heterocycles. The van der Waals surface area contributed by atoms with Crippen LogP contribution in [0.25, 0.3) is 33.5 Å². The molecule has 2 aromatic carbocycles. The van der Waals surface area contributed by atoms with Gasteiger partial charge < -0.3 is 13.7 Å². The first-order chi connectivity index (χ1) is 15.2. The highest BCUT2D eigenvalue weighted by atomic mass is 32.2. The molecule has 0 bridgehead atoms. The van der Waals surface area contributed by atoms with Crippen molar-refractivity contribution in [2.75, 3.05) is 12.9 Å². The third-order valence-electron chi connectivity index (χ3n) is 5.75. The molecule has 0 aliphatic heterocycles. The predicted molar refractivity (Wildman–Crippen MR) is 123 cm³/mol. The molecule has 0 saturated heterocycles. The number of fused-ring (bicyclic) bond motifs is 2. The van der Waals surface area contributed by atoms with Crippen molar-refractivity contribution in [3.8, 4) is 11.4 Å². The maximum Gasteiger partial charge on any atom is 0.337 e. The Bertz CT molecular complexity index is 1280. The number of carbonyl (C=O) groups is 1. The number of hydrogen-bond donors (Lipinski definition) is 0. The smallest absolute Gasteiger partial charge is 0.337 e. The third kappa shape index (κ3) is 3.63. The fourth-order valence-electron chi connectivity index (χ4n) is 4.32. The summed E-state index contributed by atoms with van der Waals surface area (Å²) in [5.41, 5.74) is 4.90. The van der Waals surface area contributed by atoms with E-state index in [0.717, 1.165) is 52.1 Å². The molecule has 4 aromatic rings. The van der Waals surface area contributed by atoms with Crippen LogP contribution in [-0.4, -0.2) is 33.4 Å². The summed E-state index contributed by atoms with van der Waals surface area (Å²) in [6.07, 6.45) is 6.53. The average Bonchev–Trinajstić information content (AvgIpc) is 3.53. The SMILES string of the molecule is C=CCSc1nc2cc(-c3nc4cc(C(=O)OC)ccc4n3C3CCCC3)ccc2o1. The molecule has 1 fully saturated rings. The Hall–Kier alpha value is -3.06.